The third-order valence-corrected chi connectivity index (χ3v) is 6.58. The van der Waals surface area contributed by atoms with Gasteiger partial charge in [0.05, 0.1) is 13.2 Å². The van der Waals surface area contributed by atoms with Crippen LogP contribution in [-0.2, 0) is 11.3 Å². The topological polar surface area (TPSA) is 48.9 Å². The van der Waals surface area contributed by atoms with E-state index in [0.29, 0.717) is 6.54 Å². The molecular formula is C18H28ClIN4OS. The molecular weight excluding hydrogens is 483 g/mol. The number of nitrogens with zero attached hydrogens (tertiary/aromatic N) is 2. The standard InChI is InChI=1S/C18H27ClN4OS.HI/c1-20-17(21-12-15-4-2-3-5-16(15)19)22-13-18(6-11-25-14-18)23-7-9-24-10-8-23;/h2-5H,6-14H2,1H3,(H2,20,21,22);1H. The first-order valence-electron chi connectivity index (χ1n) is 8.82. The summed E-state index contributed by atoms with van der Waals surface area (Å²) in [5, 5.41) is 7.69. The van der Waals surface area contributed by atoms with Crippen molar-refractivity contribution in [2.45, 2.75) is 18.5 Å². The van der Waals surface area contributed by atoms with Gasteiger partial charge in [0.25, 0.3) is 0 Å². The van der Waals surface area contributed by atoms with Crippen molar-refractivity contribution in [1.82, 2.24) is 15.5 Å². The zero-order valence-corrected chi connectivity index (χ0v) is 19.1. The number of nitrogens with one attached hydrogen (secondary N) is 2. The minimum atomic E-state index is 0. The quantitative estimate of drug-likeness (QED) is 0.362. The Bertz CT molecular complexity index is 592. The summed E-state index contributed by atoms with van der Waals surface area (Å²) in [6, 6.07) is 7.90. The predicted octanol–water partition coefficient (Wildman–Crippen LogP) is 2.83. The van der Waals surface area contributed by atoms with Crippen LogP contribution in [0.1, 0.15) is 12.0 Å². The number of hydrogen-bond donors (Lipinski definition) is 2. The van der Waals surface area contributed by atoms with E-state index in [2.05, 4.69) is 20.5 Å². The fourth-order valence-corrected chi connectivity index (χ4v) is 5.10. The molecule has 1 atom stereocenters. The van der Waals surface area contributed by atoms with Crippen LogP contribution in [0.15, 0.2) is 29.3 Å². The number of morpholine rings is 1. The lowest BCUT2D eigenvalue weighted by atomic mass is 9.95. The number of hydrogen-bond acceptors (Lipinski definition) is 4. The minimum absolute atomic E-state index is 0. The average molecular weight is 511 g/mol. The van der Waals surface area contributed by atoms with Gasteiger partial charge in [-0.25, -0.2) is 0 Å². The summed E-state index contributed by atoms with van der Waals surface area (Å²) in [6.07, 6.45) is 1.21. The summed E-state index contributed by atoms with van der Waals surface area (Å²) in [4.78, 5) is 6.97. The Kier molecular flexibility index (Phi) is 9.29. The summed E-state index contributed by atoms with van der Waals surface area (Å²) in [7, 11) is 1.81. The molecule has 0 spiro atoms. The van der Waals surface area contributed by atoms with E-state index in [9.17, 15) is 0 Å². The van der Waals surface area contributed by atoms with Gasteiger partial charge in [-0.3, -0.25) is 9.89 Å². The first-order valence-corrected chi connectivity index (χ1v) is 10.4. The number of benzene rings is 1. The lowest BCUT2D eigenvalue weighted by molar-refractivity contribution is -0.0120. The number of thioether (sulfide) groups is 1. The minimum Gasteiger partial charge on any atom is -0.379 e. The smallest absolute Gasteiger partial charge is 0.191 e. The van der Waals surface area contributed by atoms with Gasteiger partial charge >= 0.3 is 0 Å². The van der Waals surface area contributed by atoms with Gasteiger partial charge in [-0.05, 0) is 23.8 Å². The molecule has 2 saturated heterocycles. The molecule has 26 heavy (non-hydrogen) atoms. The van der Waals surface area contributed by atoms with Crippen LogP contribution in [0.2, 0.25) is 5.02 Å². The summed E-state index contributed by atoms with van der Waals surface area (Å²) < 4.78 is 5.53. The Labute approximate surface area is 182 Å². The van der Waals surface area contributed by atoms with Crippen LogP contribution in [0.3, 0.4) is 0 Å². The van der Waals surface area contributed by atoms with E-state index in [-0.39, 0.29) is 29.5 Å². The molecule has 2 N–H and O–H groups in total. The van der Waals surface area contributed by atoms with Crippen molar-refractivity contribution in [2.75, 3.05) is 51.4 Å². The monoisotopic (exact) mass is 510 g/mol. The molecule has 146 valence electrons. The largest absolute Gasteiger partial charge is 0.379 e. The molecule has 5 nitrogen and oxygen atoms in total. The zero-order valence-electron chi connectivity index (χ0n) is 15.2. The molecule has 1 aromatic carbocycles. The number of halogens is 2. The lowest BCUT2D eigenvalue weighted by Crippen LogP contribution is -2.60. The molecule has 0 aliphatic carbocycles. The maximum absolute atomic E-state index is 6.23. The fraction of sp³-hybridized carbons (Fsp3) is 0.611. The van der Waals surface area contributed by atoms with E-state index < -0.39 is 0 Å². The molecule has 1 unspecified atom stereocenters. The Hall–Kier alpha value is -0.220. The normalized spacial score (nSPS) is 24.2. The van der Waals surface area contributed by atoms with Crippen LogP contribution in [0.4, 0.5) is 0 Å². The highest BCUT2D eigenvalue weighted by Gasteiger charge is 2.40. The molecule has 3 rings (SSSR count). The van der Waals surface area contributed by atoms with Crippen molar-refractivity contribution < 1.29 is 4.74 Å². The van der Waals surface area contributed by atoms with Gasteiger partial charge in [0.1, 0.15) is 0 Å². The van der Waals surface area contributed by atoms with Crippen LogP contribution in [-0.4, -0.2) is 67.8 Å². The second-order valence-corrected chi connectivity index (χ2v) is 8.01. The highest BCUT2D eigenvalue weighted by Crippen LogP contribution is 2.33. The average Bonchev–Trinajstić information content (AvgIpc) is 3.14. The molecule has 0 bridgehead atoms. The molecule has 8 heteroatoms. The number of aliphatic imine (C=N–C) groups is 1. The fourth-order valence-electron chi connectivity index (χ4n) is 3.42. The highest BCUT2D eigenvalue weighted by molar-refractivity contribution is 14.0. The van der Waals surface area contributed by atoms with Gasteiger partial charge in [0.15, 0.2) is 5.96 Å². The molecule has 1 aromatic rings. The molecule has 0 radical (unpaired) electrons. The lowest BCUT2D eigenvalue weighted by Gasteiger charge is -2.43. The van der Waals surface area contributed by atoms with Gasteiger partial charge in [-0.15, -0.1) is 24.0 Å². The van der Waals surface area contributed by atoms with E-state index in [1.54, 1.807) is 0 Å². The van der Waals surface area contributed by atoms with Crippen molar-refractivity contribution in [3.8, 4) is 0 Å². The molecule has 2 fully saturated rings. The number of guanidine groups is 1. The van der Waals surface area contributed by atoms with Crippen LogP contribution in [0, 0.1) is 0 Å². The van der Waals surface area contributed by atoms with E-state index in [1.807, 2.05) is 43.1 Å². The van der Waals surface area contributed by atoms with Gasteiger partial charge < -0.3 is 15.4 Å². The molecule has 2 aliphatic heterocycles. The molecule has 2 aliphatic rings. The molecule has 0 aromatic heterocycles. The van der Waals surface area contributed by atoms with Crippen molar-refractivity contribution in [1.29, 1.82) is 0 Å². The van der Waals surface area contributed by atoms with Crippen LogP contribution in [0.5, 0.6) is 0 Å². The Morgan fingerprint density at radius 1 is 1.31 bits per heavy atom. The number of rotatable bonds is 5. The van der Waals surface area contributed by atoms with E-state index in [4.69, 9.17) is 16.3 Å². The maximum Gasteiger partial charge on any atom is 0.191 e. The first kappa shape index (κ1) is 22.1. The Morgan fingerprint density at radius 2 is 2.08 bits per heavy atom. The SMILES string of the molecule is CN=C(NCc1ccccc1Cl)NCC1(N2CCOCC2)CCSC1.I. The van der Waals surface area contributed by atoms with Crippen LogP contribution in [0.25, 0.3) is 0 Å². The number of ether oxygens (including phenoxy) is 1. The van der Waals surface area contributed by atoms with Gasteiger partial charge in [-0.1, -0.05) is 29.8 Å². The van der Waals surface area contributed by atoms with E-state index in [0.717, 1.165) is 49.4 Å². The maximum atomic E-state index is 6.23. The van der Waals surface area contributed by atoms with Crippen molar-refractivity contribution in [2.24, 2.45) is 4.99 Å². The summed E-state index contributed by atoms with van der Waals surface area (Å²) in [5.74, 6) is 3.22. The molecule has 2 heterocycles. The second-order valence-electron chi connectivity index (χ2n) is 6.50. The highest BCUT2D eigenvalue weighted by atomic mass is 127. The van der Waals surface area contributed by atoms with Crippen molar-refractivity contribution in [3.05, 3.63) is 34.9 Å². The first-order chi connectivity index (χ1) is 12.2. The van der Waals surface area contributed by atoms with Crippen molar-refractivity contribution in [3.63, 3.8) is 0 Å². The second kappa shape index (κ2) is 10.9. The zero-order chi connectivity index (χ0) is 17.5. The van der Waals surface area contributed by atoms with Gasteiger partial charge in [0.2, 0.25) is 0 Å². The Morgan fingerprint density at radius 3 is 2.73 bits per heavy atom. The third-order valence-electron chi connectivity index (χ3n) is 4.98. The predicted molar refractivity (Wildman–Crippen MR) is 122 cm³/mol. The van der Waals surface area contributed by atoms with Gasteiger partial charge in [0, 0.05) is 49.5 Å². The summed E-state index contributed by atoms with van der Waals surface area (Å²) in [6.45, 7) is 5.29. The summed E-state index contributed by atoms with van der Waals surface area (Å²) in [5.41, 5.74) is 1.28. The molecule has 0 amide bonds. The summed E-state index contributed by atoms with van der Waals surface area (Å²) >= 11 is 8.28. The third kappa shape index (κ3) is 5.64. The van der Waals surface area contributed by atoms with Crippen molar-refractivity contribution >= 4 is 53.3 Å². The van der Waals surface area contributed by atoms with E-state index in [1.165, 1.54) is 17.9 Å². The molecule has 0 saturated carbocycles. The van der Waals surface area contributed by atoms with Crippen LogP contribution >= 0.6 is 47.3 Å². The van der Waals surface area contributed by atoms with Gasteiger partial charge in [-0.2, -0.15) is 11.8 Å². The van der Waals surface area contributed by atoms with E-state index >= 15 is 0 Å². The Balaban J connectivity index is 0.00000243. The van der Waals surface area contributed by atoms with Crippen LogP contribution < -0.4 is 10.6 Å².